The van der Waals surface area contributed by atoms with Gasteiger partial charge in [0.05, 0.1) is 0 Å². The average molecular weight is 855 g/mol. The van der Waals surface area contributed by atoms with Gasteiger partial charge < -0.3 is 27.9 Å². The Morgan fingerprint density at radius 3 is 0.719 bits per heavy atom. The zero-order chi connectivity index (χ0) is 45.1. The molecule has 0 fully saturated rings. The van der Waals surface area contributed by atoms with Crippen molar-refractivity contribution in [2.24, 2.45) is 0 Å². The monoisotopic (exact) mass is 854 g/mol. The molecule has 0 unspecified atom stereocenters. The van der Waals surface area contributed by atoms with Crippen LogP contribution in [0.2, 0.25) is 0 Å². The van der Waals surface area contributed by atoms with Crippen molar-refractivity contribution in [2.45, 2.75) is 78.6 Å². The lowest BCUT2D eigenvalue weighted by atomic mass is 9.85. The van der Waals surface area contributed by atoms with E-state index in [0.717, 1.165) is 16.7 Å². The summed E-state index contributed by atoms with van der Waals surface area (Å²) in [7, 11) is 0. The molecule has 4 aromatic heterocycles. The fourth-order valence-electron chi connectivity index (χ4n) is 7.03. The number of hydrogen-bond acceptors (Lipinski definition) is 14. The molecule has 0 radical (unpaired) electrons. The summed E-state index contributed by atoms with van der Waals surface area (Å²) in [4.78, 5) is 0. The van der Waals surface area contributed by atoms with E-state index in [9.17, 15) is 10.2 Å². The molecule has 0 aliphatic carbocycles. The third kappa shape index (κ3) is 8.54. The van der Waals surface area contributed by atoms with E-state index in [2.05, 4.69) is 103 Å². The lowest BCUT2D eigenvalue weighted by Gasteiger charge is -2.20. The summed E-state index contributed by atoms with van der Waals surface area (Å²) in [6, 6.07) is 31.1. The SMILES string of the molecule is CC(C)(C)c1cc(-c2nnc(-c3cccc(O)c3)o2)cc(-c2nnc(-c3cc(-c4nnc(-c5cc(-c6nnc(-c7cccc(O)c7)o6)cc(C(C)(C)C)c5)o4)cc(C(C)(C)C)c3)o2)c1. The van der Waals surface area contributed by atoms with Crippen LogP contribution < -0.4 is 0 Å². The first-order chi connectivity index (χ1) is 30.3. The van der Waals surface area contributed by atoms with Gasteiger partial charge in [0.2, 0.25) is 47.1 Å². The number of aromatic nitrogens is 8. The van der Waals surface area contributed by atoms with Gasteiger partial charge in [-0.15, -0.1) is 40.8 Å². The minimum absolute atomic E-state index is 0.101. The molecule has 0 saturated heterocycles. The lowest BCUT2D eigenvalue weighted by molar-refractivity contribution is 0.474. The van der Waals surface area contributed by atoms with Crippen molar-refractivity contribution in [3.05, 3.63) is 120 Å². The number of nitrogens with zero attached hydrogens (tertiary/aromatic N) is 8. The Kier molecular flexibility index (Phi) is 10.1. The molecular weight excluding hydrogens is 809 g/mol. The smallest absolute Gasteiger partial charge is 0.248 e. The zero-order valence-corrected chi connectivity index (χ0v) is 36.9. The van der Waals surface area contributed by atoms with Gasteiger partial charge in [-0.25, -0.2) is 0 Å². The second-order valence-electron chi connectivity index (χ2n) is 18.9. The van der Waals surface area contributed by atoms with Gasteiger partial charge in [0.25, 0.3) is 0 Å². The highest BCUT2D eigenvalue weighted by Gasteiger charge is 2.25. The first-order valence-corrected chi connectivity index (χ1v) is 20.8. The van der Waals surface area contributed by atoms with Crippen molar-refractivity contribution in [1.29, 1.82) is 0 Å². The predicted octanol–water partition coefficient (Wildman–Crippen LogP) is 11.9. The van der Waals surface area contributed by atoms with Crippen molar-refractivity contribution < 1.29 is 27.9 Å². The Balaban J connectivity index is 1.06. The van der Waals surface area contributed by atoms with E-state index < -0.39 is 0 Å². The van der Waals surface area contributed by atoms with Crippen LogP contribution in [-0.4, -0.2) is 51.0 Å². The number of rotatable bonds is 8. The second-order valence-corrected chi connectivity index (χ2v) is 18.9. The number of phenolic OH excluding ortho intramolecular Hbond substituents is 2. The van der Waals surface area contributed by atoms with Crippen molar-refractivity contribution in [2.75, 3.05) is 0 Å². The first-order valence-electron chi connectivity index (χ1n) is 20.8. The van der Waals surface area contributed by atoms with E-state index in [1.165, 1.54) is 0 Å². The van der Waals surface area contributed by atoms with Gasteiger partial charge in [0.1, 0.15) is 11.5 Å². The summed E-state index contributed by atoms with van der Waals surface area (Å²) >= 11 is 0. The molecule has 0 aliphatic heterocycles. The molecule has 2 N–H and O–H groups in total. The van der Waals surface area contributed by atoms with Crippen LogP contribution in [0.4, 0.5) is 0 Å². The fraction of sp³-hybridized carbons (Fsp3) is 0.240. The topological polar surface area (TPSA) is 196 Å². The van der Waals surface area contributed by atoms with E-state index in [-0.39, 0.29) is 39.5 Å². The quantitative estimate of drug-likeness (QED) is 0.146. The van der Waals surface area contributed by atoms with E-state index in [4.69, 9.17) is 17.7 Å². The molecule has 0 spiro atoms. The second kappa shape index (κ2) is 15.6. The average Bonchev–Trinajstić information content (AvgIpc) is 4.10. The van der Waals surface area contributed by atoms with E-state index in [1.807, 2.05) is 54.6 Å². The van der Waals surface area contributed by atoms with Gasteiger partial charge in [-0.1, -0.05) is 74.4 Å². The standard InChI is InChI=1S/C50H46N8O6/c1-48(2,3)35-19-29(42-53-51-40(61-42)27-12-10-14-38(59)25-27)16-31(21-35)44-55-57-46(63-44)33-18-34(24-37(23-33)50(7,8)9)47-58-56-45(64-47)32-17-30(20-36(22-32)49(4,5)6)43-54-52-41(62-43)28-13-11-15-39(60)26-28/h10-26,59-60H,1-9H3. The molecular formula is C50H46N8O6. The zero-order valence-electron chi connectivity index (χ0n) is 36.9. The largest absolute Gasteiger partial charge is 0.508 e. The van der Waals surface area contributed by atoms with Crippen LogP contribution in [0.5, 0.6) is 11.5 Å². The minimum atomic E-state index is -0.273. The van der Waals surface area contributed by atoms with Crippen LogP contribution in [0, 0.1) is 0 Å². The van der Waals surface area contributed by atoms with Crippen molar-refractivity contribution >= 4 is 0 Å². The molecule has 0 amide bonds. The minimum Gasteiger partial charge on any atom is -0.508 e. The molecule has 4 heterocycles. The third-order valence-corrected chi connectivity index (χ3v) is 10.8. The van der Waals surface area contributed by atoms with Crippen molar-refractivity contribution in [3.63, 3.8) is 0 Å². The fourth-order valence-corrected chi connectivity index (χ4v) is 7.03. The van der Waals surface area contributed by atoms with Crippen molar-refractivity contribution in [1.82, 2.24) is 40.8 Å². The molecule has 9 aromatic rings. The van der Waals surface area contributed by atoms with Gasteiger partial charge in [-0.3, -0.25) is 0 Å². The predicted molar refractivity (Wildman–Crippen MR) is 241 cm³/mol. The Bertz CT molecular complexity index is 2970. The highest BCUT2D eigenvalue weighted by molar-refractivity contribution is 5.72. The van der Waals surface area contributed by atoms with E-state index in [0.29, 0.717) is 79.9 Å². The normalized spacial score (nSPS) is 12.3. The number of benzene rings is 5. The number of phenols is 2. The number of hydrogen-bond donors (Lipinski definition) is 2. The Morgan fingerprint density at radius 2 is 0.516 bits per heavy atom. The maximum absolute atomic E-state index is 10.0. The summed E-state index contributed by atoms with van der Waals surface area (Å²) in [6.07, 6.45) is 0. The lowest BCUT2D eigenvalue weighted by Crippen LogP contribution is -2.11. The molecule has 0 aliphatic rings. The summed E-state index contributed by atoms with van der Waals surface area (Å²) < 4.78 is 25.1. The van der Waals surface area contributed by atoms with Crippen LogP contribution in [-0.2, 0) is 16.2 Å². The highest BCUT2D eigenvalue weighted by Crippen LogP contribution is 2.39. The summed E-state index contributed by atoms with van der Waals surface area (Å²) in [5, 5.41) is 55.3. The maximum atomic E-state index is 10.0. The molecule has 0 saturated carbocycles. The number of aromatic hydroxyl groups is 2. The highest BCUT2D eigenvalue weighted by atomic mass is 16.4. The van der Waals surface area contributed by atoms with E-state index >= 15 is 0 Å². The molecule has 64 heavy (non-hydrogen) atoms. The Hall–Kier alpha value is -7.74. The van der Waals surface area contributed by atoms with Crippen LogP contribution in [0.25, 0.3) is 91.6 Å². The summed E-state index contributed by atoms with van der Waals surface area (Å²) in [5.41, 5.74) is 7.50. The molecule has 5 aromatic carbocycles. The van der Waals surface area contributed by atoms with Gasteiger partial charge >= 0.3 is 0 Å². The van der Waals surface area contributed by atoms with Gasteiger partial charge in [-0.05, 0) is 124 Å². The summed E-state index contributed by atoms with van der Waals surface area (Å²) in [5.74, 6) is 2.61. The molecule has 322 valence electrons. The third-order valence-electron chi connectivity index (χ3n) is 10.8. The van der Waals surface area contributed by atoms with Gasteiger partial charge in [0, 0.05) is 44.5 Å². The Labute approximate surface area is 369 Å². The van der Waals surface area contributed by atoms with E-state index in [1.54, 1.807) is 48.5 Å². The molecule has 0 bridgehead atoms. The van der Waals surface area contributed by atoms with Crippen LogP contribution in [0.3, 0.4) is 0 Å². The first kappa shape index (κ1) is 41.6. The van der Waals surface area contributed by atoms with Crippen molar-refractivity contribution in [3.8, 4) is 103 Å². The molecule has 9 rings (SSSR count). The molecule has 14 nitrogen and oxygen atoms in total. The van der Waals surface area contributed by atoms with Crippen LogP contribution in [0.1, 0.15) is 79.0 Å². The van der Waals surface area contributed by atoms with Gasteiger partial charge in [0.15, 0.2) is 0 Å². The molecule has 0 atom stereocenters. The van der Waals surface area contributed by atoms with Crippen LogP contribution in [0.15, 0.2) is 121 Å². The van der Waals surface area contributed by atoms with Gasteiger partial charge in [-0.2, -0.15) is 0 Å². The maximum Gasteiger partial charge on any atom is 0.248 e. The van der Waals surface area contributed by atoms with Crippen LogP contribution >= 0.6 is 0 Å². The summed E-state index contributed by atoms with van der Waals surface area (Å²) in [6.45, 7) is 19.1. The molecule has 14 heteroatoms. The Morgan fingerprint density at radius 1 is 0.297 bits per heavy atom.